The van der Waals surface area contributed by atoms with E-state index in [4.69, 9.17) is 9.84 Å². The molecule has 0 saturated heterocycles. The summed E-state index contributed by atoms with van der Waals surface area (Å²) >= 11 is 0. The second-order valence-corrected chi connectivity index (χ2v) is 4.58. The molecule has 0 spiro atoms. The van der Waals surface area contributed by atoms with Gasteiger partial charge in [0.05, 0.1) is 12.2 Å². The molecular formula is C12H15NO3. The number of aliphatic carboxylic acids is 1. The zero-order chi connectivity index (χ0) is 11.8. The van der Waals surface area contributed by atoms with Gasteiger partial charge in [-0.15, -0.1) is 0 Å². The van der Waals surface area contributed by atoms with Crippen molar-refractivity contribution in [2.24, 2.45) is 0 Å². The van der Waals surface area contributed by atoms with E-state index in [2.05, 4.69) is 0 Å². The minimum Gasteiger partial charge on any atom is -0.484 e. The summed E-state index contributed by atoms with van der Waals surface area (Å²) in [5.74, 6) is -0.0764. The van der Waals surface area contributed by atoms with E-state index in [1.54, 1.807) is 0 Å². The zero-order valence-electron chi connectivity index (χ0n) is 9.43. The molecule has 0 atom stereocenters. The number of hydrogen-bond acceptors (Lipinski definition) is 3. The van der Waals surface area contributed by atoms with Gasteiger partial charge < -0.3 is 14.7 Å². The van der Waals surface area contributed by atoms with E-state index in [0.717, 1.165) is 11.4 Å². The highest BCUT2D eigenvalue weighted by molar-refractivity contribution is 5.75. The molecule has 0 amide bonds. The normalized spacial score (nSPS) is 17.5. The molecule has 0 unspecified atom stereocenters. The third-order valence-corrected chi connectivity index (χ3v) is 2.49. The first-order valence-electron chi connectivity index (χ1n) is 5.23. The summed E-state index contributed by atoms with van der Waals surface area (Å²) in [4.78, 5) is 12.6. The summed E-state index contributed by atoms with van der Waals surface area (Å²) in [7, 11) is 0. The Hall–Kier alpha value is -1.71. The van der Waals surface area contributed by atoms with Crippen molar-refractivity contribution in [3.63, 3.8) is 0 Å². The number of carboxylic acids is 1. The Kier molecular flexibility index (Phi) is 2.50. The average molecular weight is 221 g/mol. The fourth-order valence-electron chi connectivity index (χ4n) is 1.98. The highest BCUT2D eigenvalue weighted by atomic mass is 16.5. The van der Waals surface area contributed by atoms with Crippen molar-refractivity contribution in [3.8, 4) is 5.75 Å². The van der Waals surface area contributed by atoms with Crippen molar-refractivity contribution in [2.75, 3.05) is 18.0 Å². The van der Waals surface area contributed by atoms with Crippen molar-refractivity contribution in [1.29, 1.82) is 0 Å². The Balaban J connectivity index is 2.35. The van der Waals surface area contributed by atoms with Crippen LogP contribution in [-0.2, 0) is 4.79 Å². The molecule has 1 N–H and O–H groups in total. The summed E-state index contributed by atoms with van der Waals surface area (Å²) in [6, 6.07) is 7.52. The molecule has 86 valence electrons. The summed E-state index contributed by atoms with van der Waals surface area (Å²) in [6.45, 7) is 4.50. The number of rotatable bonds is 2. The second-order valence-electron chi connectivity index (χ2n) is 4.58. The molecule has 16 heavy (non-hydrogen) atoms. The number of benzene rings is 1. The van der Waals surface area contributed by atoms with Crippen LogP contribution in [0.4, 0.5) is 5.69 Å². The first-order valence-corrected chi connectivity index (χ1v) is 5.23. The number of carbonyl (C=O) groups is 1. The third kappa shape index (κ3) is 2.10. The molecule has 0 radical (unpaired) electrons. The van der Waals surface area contributed by atoms with Gasteiger partial charge in [-0.05, 0) is 26.0 Å². The van der Waals surface area contributed by atoms with Crippen LogP contribution in [0.15, 0.2) is 24.3 Å². The number of fused-ring (bicyclic) bond motifs is 1. The van der Waals surface area contributed by atoms with Crippen LogP contribution in [-0.4, -0.2) is 29.8 Å². The molecule has 0 aromatic heterocycles. The maximum absolute atomic E-state index is 10.8. The van der Waals surface area contributed by atoms with Gasteiger partial charge in [0, 0.05) is 0 Å². The zero-order valence-corrected chi connectivity index (χ0v) is 9.43. The Morgan fingerprint density at radius 2 is 2.19 bits per heavy atom. The lowest BCUT2D eigenvalue weighted by atomic mass is 10.1. The molecule has 4 nitrogen and oxygen atoms in total. The van der Waals surface area contributed by atoms with Crippen LogP contribution in [0.2, 0.25) is 0 Å². The van der Waals surface area contributed by atoms with Crippen molar-refractivity contribution in [3.05, 3.63) is 24.3 Å². The molecule has 0 fully saturated rings. The minimum absolute atomic E-state index is 0.00377. The first-order chi connectivity index (χ1) is 7.48. The van der Waals surface area contributed by atoms with Crippen molar-refractivity contribution in [2.45, 2.75) is 19.4 Å². The first kappa shape index (κ1) is 10.8. The maximum Gasteiger partial charge on any atom is 0.323 e. The van der Waals surface area contributed by atoms with E-state index in [1.807, 2.05) is 43.0 Å². The molecule has 0 aliphatic carbocycles. The van der Waals surface area contributed by atoms with Crippen molar-refractivity contribution >= 4 is 11.7 Å². The monoisotopic (exact) mass is 221 g/mol. The number of hydrogen-bond donors (Lipinski definition) is 1. The second kappa shape index (κ2) is 3.70. The van der Waals surface area contributed by atoms with Crippen LogP contribution in [0.1, 0.15) is 13.8 Å². The number of para-hydroxylation sites is 2. The van der Waals surface area contributed by atoms with Gasteiger partial charge in [-0.2, -0.15) is 0 Å². The molecule has 2 rings (SSSR count). The Bertz CT molecular complexity index is 414. The van der Waals surface area contributed by atoms with Crippen LogP contribution in [0.3, 0.4) is 0 Å². The van der Waals surface area contributed by atoms with Gasteiger partial charge in [-0.3, -0.25) is 4.79 Å². The lowest BCUT2D eigenvalue weighted by Crippen LogP contribution is -2.48. The van der Waals surface area contributed by atoms with Crippen LogP contribution >= 0.6 is 0 Å². The van der Waals surface area contributed by atoms with E-state index >= 15 is 0 Å². The number of carboxylic acid groups (broad SMARTS) is 1. The fourth-order valence-corrected chi connectivity index (χ4v) is 1.98. The lowest BCUT2D eigenvalue weighted by Gasteiger charge is -2.40. The average Bonchev–Trinajstić information content (AvgIpc) is 2.14. The molecule has 1 aromatic carbocycles. The van der Waals surface area contributed by atoms with Crippen molar-refractivity contribution < 1.29 is 14.6 Å². The summed E-state index contributed by atoms with van der Waals surface area (Å²) in [6.07, 6.45) is 0. The topological polar surface area (TPSA) is 49.8 Å². The van der Waals surface area contributed by atoms with Gasteiger partial charge in [-0.25, -0.2) is 0 Å². The van der Waals surface area contributed by atoms with Crippen molar-refractivity contribution in [1.82, 2.24) is 0 Å². The van der Waals surface area contributed by atoms with E-state index in [9.17, 15) is 4.79 Å². The lowest BCUT2D eigenvalue weighted by molar-refractivity contribution is -0.135. The molecule has 1 aliphatic heterocycles. The Morgan fingerprint density at radius 3 is 2.88 bits per heavy atom. The van der Waals surface area contributed by atoms with Gasteiger partial charge in [0.1, 0.15) is 17.9 Å². The standard InChI is InChI=1S/C12H15NO3/c1-12(2)8-13(7-11(14)15)9-5-3-4-6-10(9)16-12/h3-6H,7-8H2,1-2H3,(H,14,15). The maximum atomic E-state index is 10.8. The van der Waals surface area contributed by atoms with Gasteiger partial charge in [0.2, 0.25) is 0 Å². The SMILES string of the molecule is CC1(C)CN(CC(=O)O)c2ccccc2O1. The predicted octanol–water partition coefficient (Wildman–Crippen LogP) is 1.75. The number of nitrogens with zero attached hydrogens (tertiary/aromatic N) is 1. The third-order valence-electron chi connectivity index (χ3n) is 2.49. The van der Waals surface area contributed by atoms with E-state index in [0.29, 0.717) is 6.54 Å². The van der Waals surface area contributed by atoms with Crippen LogP contribution in [0, 0.1) is 0 Å². The van der Waals surface area contributed by atoms with Gasteiger partial charge >= 0.3 is 5.97 Å². The summed E-state index contributed by atoms with van der Waals surface area (Å²) in [5.41, 5.74) is 0.494. The molecule has 1 aliphatic rings. The van der Waals surface area contributed by atoms with Crippen LogP contribution in [0.5, 0.6) is 5.75 Å². The van der Waals surface area contributed by atoms with E-state index < -0.39 is 5.97 Å². The Morgan fingerprint density at radius 1 is 1.50 bits per heavy atom. The highest BCUT2D eigenvalue weighted by Crippen LogP contribution is 2.36. The molecule has 1 heterocycles. The summed E-state index contributed by atoms with van der Waals surface area (Å²) in [5, 5.41) is 8.88. The van der Waals surface area contributed by atoms with E-state index in [1.165, 1.54) is 0 Å². The van der Waals surface area contributed by atoms with Crippen LogP contribution in [0.25, 0.3) is 0 Å². The largest absolute Gasteiger partial charge is 0.484 e. The number of anilines is 1. The smallest absolute Gasteiger partial charge is 0.323 e. The number of ether oxygens (including phenoxy) is 1. The molecule has 0 bridgehead atoms. The quantitative estimate of drug-likeness (QED) is 0.826. The van der Waals surface area contributed by atoms with Crippen LogP contribution < -0.4 is 9.64 Å². The predicted molar refractivity (Wildman–Crippen MR) is 61.0 cm³/mol. The molecular weight excluding hydrogens is 206 g/mol. The van der Waals surface area contributed by atoms with Gasteiger partial charge in [0.15, 0.2) is 0 Å². The van der Waals surface area contributed by atoms with Gasteiger partial charge in [-0.1, -0.05) is 12.1 Å². The van der Waals surface area contributed by atoms with Gasteiger partial charge in [0.25, 0.3) is 0 Å². The summed E-state index contributed by atoms with van der Waals surface area (Å²) < 4.78 is 5.80. The molecule has 4 heteroatoms. The fraction of sp³-hybridized carbons (Fsp3) is 0.417. The van der Waals surface area contributed by atoms with E-state index in [-0.39, 0.29) is 12.1 Å². The minimum atomic E-state index is -0.826. The Labute approximate surface area is 94.4 Å². The molecule has 1 aromatic rings. The molecule has 0 saturated carbocycles. The highest BCUT2D eigenvalue weighted by Gasteiger charge is 2.32.